The second-order valence-corrected chi connectivity index (χ2v) is 7.03. The Hall–Kier alpha value is -3.28. The Labute approximate surface area is 163 Å². The normalized spacial score (nSPS) is 14.2. The molecule has 1 atom stereocenters. The number of nitrogens with one attached hydrogen (secondary N) is 2. The van der Waals surface area contributed by atoms with Gasteiger partial charge in [-0.15, -0.1) is 0 Å². The van der Waals surface area contributed by atoms with Crippen LogP contribution in [-0.2, 0) is 17.8 Å². The molecule has 0 spiro atoms. The van der Waals surface area contributed by atoms with Crippen molar-refractivity contribution in [1.29, 1.82) is 0 Å². The quantitative estimate of drug-likeness (QED) is 0.694. The SMILES string of the molecule is COc1ccc2[nH]cc(CCNC(=O)C(C)N3Cc4ccccc4C3=O)c2c1. The third kappa shape index (κ3) is 3.22. The van der Waals surface area contributed by atoms with Crippen LogP contribution in [0.4, 0.5) is 0 Å². The summed E-state index contributed by atoms with van der Waals surface area (Å²) in [6.07, 6.45) is 2.65. The molecule has 6 heteroatoms. The molecule has 0 fully saturated rings. The Kier molecular flexibility index (Phi) is 4.77. The van der Waals surface area contributed by atoms with Crippen LogP contribution in [0.5, 0.6) is 5.75 Å². The molecule has 2 amide bonds. The van der Waals surface area contributed by atoms with Crippen LogP contribution in [0.1, 0.15) is 28.4 Å². The lowest BCUT2D eigenvalue weighted by Crippen LogP contribution is -2.45. The summed E-state index contributed by atoms with van der Waals surface area (Å²) in [7, 11) is 1.65. The first-order valence-corrected chi connectivity index (χ1v) is 9.39. The standard InChI is InChI=1S/C22H23N3O3/c1-14(25-13-16-5-3-4-6-18(16)22(25)27)21(26)23-10-9-15-12-24-20-8-7-17(28-2)11-19(15)20/h3-8,11-12,14,24H,9-10,13H2,1-2H3,(H,23,26). The molecule has 0 aliphatic carbocycles. The molecule has 0 saturated carbocycles. The highest BCUT2D eigenvalue weighted by atomic mass is 16.5. The van der Waals surface area contributed by atoms with Gasteiger partial charge in [0.25, 0.3) is 5.91 Å². The van der Waals surface area contributed by atoms with Crippen molar-refractivity contribution in [3.05, 3.63) is 65.4 Å². The van der Waals surface area contributed by atoms with Gasteiger partial charge in [-0.3, -0.25) is 9.59 Å². The minimum Gasteiger partial charge on any atom is -0.497 e. The highest BCUT2D eigenvalue weighted by Gasteiger charge is 2.33. The van der Waals surface area contributed by atoms with Gasteiger partial charge in [-0.2, -0.15) is 0 Å². The molecule has 1 aliphatic rings. The van der Waals surface area contributed by atoms with E-state index in [1.165, 1.54) is 0 Å². The molecular formula is C22H23N3O3. The predicted molar refractivity (Wildman–Crippen MR) is 107 cm³/mol. The van der Waals surface area contributed by atoms with Gasteiger partial charge >= 0.3 is 0 Å². The number of aromatic amines is 1. The van der Waals surface area contributed by atoms with Crippen LogP contribution < -0.4 is 10.1 Å². The molecule has 1 aromatic heterocycles. The van der Waals surface area contributed by atoms with Gasteiger partial charge in [0, 0.05) is 35.8 Å². The second kappa shape index (κ2) is 7.38. The number of carbonyl (C=O) groups is 2. The average molecular weight is 377 g/mol. The van der Waals surface area contributed by atoms with Crippen molar-refractivity contribution in [2.24, 2.45) is 0 Å². The molecule has 1 aliphatic heterocycles. The monoisotopic (exact) mass is 377 g/mol. The summed E-state index contributed by atoms with van der Waals surface area (Å²) >= 11 is 0. The van der Waals surface area contributed by atoms with E-state index >= 15 is 0 Å². The van der Waals surface area contributed by atoms with E-state index in [2.05, 4.69) is 10.3 Å². The van der Waals surface area contributed by atoms with E-state index < -0.39 is 6.04 Å². The number of methoxy groups -OCH3 is 1. The topological polar surface area (TPSA) is 74.4 Å². The van der Waals surface area contributed by atoms with Crippen molar-refractivity contribution in [3.8, 4) is 5.75 Å². The van der Waals surface area contributed by atoms with Crippen LogP contribution in [0.25, 0.3) is 10.9 Å². The molecule has 6 nitrogen and oxygen atoms in total. The zero-order chi connectivity index (χ0) is 19.7. The number of H-pyrrole nitrogens is 1. The number of carbonyl (C=O) groups excluding carboxylic acids is 2. The van der Waals surface area contributed by atoms with E-state index in [-0.39, 0.29) is 11.8 Å². The van der Waals surface area contributed by atoms with Crippen molar-refractivity contribution >= 4 is 22.7 Å². The molecule has 28 heavy (non-hydrogen) atoms. The molecule has 0 bridgehead atoms. The van der Waals surface area contributed by atoms with Gasteiger partial charge in [0.2, 0.25) is 5.91 Å². The van der Waals surface area contributed by atoms with E-state index in [0.717, 1.165) is 27.8 Å². The maximum Gasteiger partial charge on any atom is 0.255 e. The van der Waals surface area contributed by atoms with Crippen molar-refractivity contribution in [2.75, 3.05) is 13.7 Å². The fourth-order valence-electron chi connectivity index (χ4n) is 3.69. The fraction of sp³-hybridized carbons (Fsp3) is 0.273. The van der Waals surface area contributed by atoms with Gasteiger partial charge in [0.1, 0.15) is 11.8 Å². The number of hydrogen-bond donors (Lipinski definition) is 2. The highest BCUT2D eigenvalue weighted by Crippen LogP contribution is 2.25. The Balaban J connectivity index is 1.37. The van der Waals surface area contributed by atoms with Crippen LogP contribution in [0.3, 0.4) is 0 Å². The van der Waals surface area contributed by atoms with Gasteiger partial charge in [-0.25, -0.2) is 0 Å². The largest absolute Gasteiger partial charge is 0.497 e. The lowest BCUT2D eigenvalue weighted by Gasteiger charge is -2.23. The number of aromatic nitrogens is 1. The molecule has 0 radical (unpaired) electrons. The molecule has 2 heterocycles. The highest BCUT2D eigenvalue weighted by molar-refractivity contribution is 6.01. The second-order valence-electron chi connectivity index (χ2n) is 7.03. The van der Waals surface area contributed by atoms with Gasteiger partial charge in [-0.1, -0.05) is 18.2 Å². The summed E-state index contributed by atoms with van der Waals surface area (Å²) in [6.45, 7) is 2.75. The van der Waals surface area contributed by atoms with Crippen molar-refractivity contribution in [1.82, 2.24) is 15.2 Å². The molecule has 0 saturated heterocycles. The van der Waals surface area contributed by atoms with Gasteiger partial charge < -0.3 is 19.9 Å². The molecule has 1 unspecified atom stereocenters. The number of benzene rings is 2. The zero-order valence-corrected chi connectivity index (χ0v) is 16.0. The van der Waals surface area contributed by atoms with E-state index in [0.29, 0.717) is 25.1 Å². The minimum absolute atomic E-state index is 0.0815. The predicted octanol–water partition coefficient (Wildman–Crippen LogP) is 2.88. The summed E-state index contributed by atoms with van der Waals surface area (Å²) in [4.78, 5) is 30.0. The van der Waals surface area contributed by atoms with Crippen molar-refractivity contribution < 1.29 is 14.3 Å². The minimum atomic E-state index is -0.511. The lowest BCUT2D eigenvalue weighted by atomic mass is 10.1. The lowest BCUT2D eigenvalue weighted by molar-refractivity contribution is -0.125. The maximum absolute atomic E-state index is 12.6. The first-order valence-electron chi connectivity index (χ1n) is 9.39. The fourth-order valence-corrected chi connectivity index (χ4v) is 3.69. The van der Waals surface area contributed by atoms with Gasteiger partial charge in [0.15, 0.2) is 0 Å². The third-order valence-electron chi connectivity index (χ3n) is 5.36. The summed E-state index contributed by atoms with van der Waals surface area (Å²) < 4.78 is 5.29. The Bertz CT molecular complexity index is 1040. The summed E-state index contributed by atoms with van der Waals surface area (Å²) in [5.41, 5.74) is 3.82. The Morgan fingerprint density at radius 3 is 2.89 bits per heavy atom. The molecule has 4 rings (SSSR count). The van der Waals surface area contributed by atoms with E-state index in [1.807, 2.05) is 48.7 Å². The first-order chi connectivity index (χ1) is 13.6. The average Bonchev–Trinajstić information content (AvgIpc) is 3.28. The van der Waals surface area contributed by atoms with Crippen LogP contribution in [-0.4, -0.2) is 41.4 Å². The molecule has 2 aromatic carbocycles. The van der Waals surface area contributed by atoms with E-state index in [4.69, 9.17) is 4.74 Å². The van der Waals surface area contributed by atoms with Crippen LogP contribution in [0.2, 0.25) is 0 Å². The van der Waals surface area contributed by atoms with E-state index in [9.17, 15) is 9.59 Å². The number of fused-ring (bicyclic) bond motifs is 2. The molecule has 2 N–H and O–H groups in total. The van der Waals surface area contributed by atoms with Crippen LogP contribution in [0.15, 0.2) is 48.7 Å². The summed E-state index contributed by atoms with van der Waals surface area (Å²) in [5, 5.41) is 4.05. The Morgan fingerprint density at radius 1 is 1.29 bits per heavy atom. The zero-order valence-electron chi connectivity index (χ0n) is 16.0. The molecular weight excluding hydrogens is 354 g/mol. The Morgan fingerprint density at radius 2 is 2.11 bits per heavy atom. The van der Waals surface area contributed by atoms with Crippen LogP contribution in [0, 0.1) is 0 Å². The third-order valence-corrected chi connectivity index (χ3v) is 5.36. The number of rotatable bonds is 6. The summed E-state index contributed by atoms with van der Waals surface area (Å²) in [5.74, 6) is 0.582. The number of hydrogen-bond acceptors (Lipinski definition) is 3. The van der Waals surface area contributed by atoms with Gasteiger partial charge in [0.05, 0.1) is 7.11 Å². The number of amides is 2. The summed E-state index contributed by atoms with van der Waals surface area (Å²) in [6, 6.07) is 12.9. The van der Waals surface area contributed by atoms with Crippen molar-refractivity contribution in [3.63, 3.8) is 0 Å². The van der Waals surface area contributed by atoms with Gasteiger partial charge in [-0.05, 0) is 48.7 Å². The molecule has 144 valence electrons. The smallest absolute Gasteiger partial charge is 0.255 e. The molecule has 3 aromatic rings. The first kappa shape index (κ1) is 18.1. The van der Waals surface area contributed by atoms with Crippen molar-refractivity contribution in [2.45, 2.75) is 25.9 Å². The number of nitrogens with zero attached hydrogens (tertiary/aromatic N) is 1. The van der Waals surface area contributed by atoms with E-state index in [1.54, 1.807) is 18.9 Å². The maximum atomic E-state index is 12.6. The van der Waals surface area contributed by atoms with Crippen LogP contribution >= 0.6 is 0 Å². The number of ether oxygens (including phenoxy) is 1.